The van der Waals surface area contributed by atoms with E-state index in [1.807, 2.05) is 26.1 Å². The molecule has 0 aliphatic carbocycles. The van der Waals surface area contributed by atoms with Gasteiger partial charge in [0.05, 0.1) is 11.7 Å². The highest BCUT2D eigenvalue weighted by Gasteiger charge is 2.23. The predicted molar refractivity (Wildman–Crippen MR) is 78.4 cm³/mol. The van der Waals surface area contributed by atoms with Crippen molar-refractivity contribution >= 4 is 11.9 Å². The van der Waals surface area contributed by atoms with E-state index in [0.29, 0.717) is 0 Å². The summed E-state index contributed by atoms with van der Waals surface area (Å²) in [6.07, 6.45) is 3.21. The molecule has 2 heterocycles. The first-order valence-electron chi connectivity index (χ1n) is 7.04. The Morgan fingerprint density at radius 1 is 1.36 bits per heavy atom. The van der Waals surface area contributed by atoms with Gasteiger partial charge in [0, 0.05) is 18.9 Å². The second kappa shape index (κ2) is 6.42. The average molecular weight is 305 g/mol. The second-order valence-corrected chi connectivity index (χ2v) is 4.97. The second-order valence-electron chi connectivity index (χ2n) is 4.97. The van der Waals surface area contributed by atoms with Crippen LogP contribution in [0.15, 0.2) is 24.5 Å². The molecule has 0 radical (unpaired) electrons. The number of rotatable bonds is 6. The first-order valence-corrected chi connectivity index (χ1v) is 7.04. The number of aromatic nitrogens is 4. The minimum Gasteiger partial charge on any atom is -0.477 e. The van der Waals surface area contributed by atoms with Crippen molar-refractivity contribution in [1.82, 2.24) is 24.9 Å². The molecule has 2 N–H and O–H groups in total. The van der Waals surface area contributed by atoms with Gasteiger partial charge in [-0.2, -0.15) is 10.2 Å². The van der Waals surface area contributed by atoms with Crippen molar-refractivity contribution in [3.63, 3.8) is 0 Å². The van der Waals surface area contributed by atoms with Crippen LogP contribution in [0.4, 0.5) is 0 Å². The van der Waals surface area contributed by atoms with Crippen LogP contribution in [-0.2, 0) is 11.3 Å². The van der Waals surface area contributed by atoms with E-state index in [-0.39, 0.29) is 17.6 Å². The Kier molecular flexibility index (Phi) is 4.59. The molecule has 8 heteroatoms. The fourth-order valence-electron chi connectivity index (χ4n) is 2.10. The lowest BCUT2D eigenvalue weighted by Gasteiger charge is -2.17. The standard InChI is InChI=1S/C14H19N5O3/c1-4-18-8-6-11(17-18)9(2)16-13(20)10(3)19-12(14(21)22)5-7-15-19/h5-10H,4H2,1-3H3,(H,16,20)(H,21,22). The first-order chi connectivity index (χ1) is 10.4. The molecule has 1 amide bonds. The van der Waals surface area contributed by atoms with Gasteiger partial charge in [0.25, 0.3) is 0 Å². The van der Waals surface area contributed by atoms with E-state index >= 15 is 0 Å². The van der Waals surface area contributed by atoms with E-state index in [0.717, 1.165) is 12.2 Å². The number of aromatic carboxylic acids is 1. The van der Waals surface area contributed by atoms with E-state index in [1.54, 1.807) is 11.6 Å². The normalized spacial score (nSPS) is 13.6. The summed E-state index contributed by atoms with van der Waals surface area (Å²) >= 11 is 0. The van der Waals surface area contributed by atoms with Crippen molar-refractivity contribution in [2.75, 3.05) is 0 Å². The van der Waals surface area contributed by atoms with Crippen molar-refractivity contribution < 1.29 is 14.7 Å². The van der Waals surface area contributed by atoms with Crippen LogP contribution in [0.25, 0.3) is 0 Å². The largest absolute Gasteiger partial charge is 0.477 e. The highest BCUT2D eigenvalue weighted by atomic mass is 16.4. The Morgan fingerprint density at radius 3 is 2.68 bits per heavy atom. The van der Waals surface area contributed by atoms with Gasteiger partial charge in [-0.05, 0) is 32.9 Å². The molecule has 2 rings (SSSR count). The number of aryl methyl sites for hydroxylation is 1. The number of nitrogens with zero attached hydrogens (tertiary/aromatic N) is 4. The Morgan fingerprint density at radius 2 is 2.09 bits per heavy atom. The van der Waals surface area contributed by atoms with E-state index in [1.165, 1.54) is 16.9 Å². The van der Waals surface area contributed by atoms with Gasteiger partial charge >= 0.3 is 5.97 Å². The summed E-state index contributed by atoms with van der Waals surface area (Å²) in [6, 6.07) is 2.21. The highest BCUT2D eigenvalue weighted by Crippen LogP contribution is 2.14. The molecule has 0 aliphatic heterocycles. The van der Waals surface area contributed by atoms with Crippen LogP contribution in [-0.4, -0.2) is 36.5 Å². The molecule has 2 aromatic heterocycles. The molecule has 22 heavy (non-hydrogen) atoms. The molecule has 2 aromatic rings. The highest BCUT2D eigenvalue weighted by molar-refractivity contribution is 5.87. The first kappa shape index (κ1) is 15.7. The Balaban J connectivity index is 2.07. The van der Waals surface area contributed by atoms with Gasteiger partial charge in [-0.1, -0.05) is 0 Å². The third-order valence-electron chi connectivity index (χ3n) is 3.42. The summed E-state index contributed by atoms with van der Waals surface area (Å²) in [7, 11) is 0. The van der Waals surface area contributed by atoms with Crippen LogP contribution in [0, 0.1) is 0 Å². The molecular formula is C14H19N5O3. The van der Waals surface area contributed by atoms with E-state index in [4.69, 9.17) is 5.11 Å². The molecular weight excluding hydrogens is 286 g/mol. The molecule has 0 aromatic carbocycles. The average Bonchev–Trinajstić information content (AvgIpc) is 3.14. The third-order valence-corrected chi connectivity index (χ3v) is 3.42. The zero-order chi connectivity index (χ0) is 16.3. The lowest BCUT2D eigenvalue weighted by Crippen LogP contribution is -2.34. The molecule has 0 bridgehead atoms. The number of carboxylic acids is 1. The van der Waals surface area contributed by atoms with Crippen LogP contribution in [0.5, 0.6) is 0 Å². The van der Waals surface area contributed by atoms with Crippen molar-refractivity contribution in [2.24, 2.45) is 0 Å². The van der Waals surface area contributed by atoms with Gasteiger partial charge in [0.1, 0.15) is 11.7 Å². The fourth-order valence-corrected chi connectivity index (χ4v) is 2.10. The number of carbonyl (C=O) groups is 2. The van der Waals surface area contributed by atoms with Crippen molar-refractivity contribution in [3.05, 3.63) is 35.9 Å². The number of nitrogens with one attached hydrogen (secondary N) is 1. The number of hydrogen-bond acceptors (Lipinski definition) is 4. The lowest BCUT2D eigenvalue weighted by molar-refractivity contribution is -0.124. The molecule has 0 spiro atoms. The molecule has 2 atom stereocenters. The molecule has 2 unspecified atom stereocenters. The molecule has 0 saturated carbocycles. The van der Waals surface area contributed by atoms with Crippen molar-refractivity contribution in [1.29, 1.82) is 0 Å². The molecule has 8 nitrogen and oxygen atoms in total. The van der Waals surface area contributed by atoms with Gasteiger partial charge in [-0.25, -0.2) is 9.48 Å². The lowest BCUT2D eigenvalue weighted by atomic mass is 10.2. The maximum absolute atomic E-state index is 12.3. The Bertz CT molecular complexity index is 676. The van der Waals surface area contributed by atoms with Gasteiger partial charge in [0.15, 0.2) is 0 Å². The topological polar surface area (TPSA) is 102 Å². The molecule has 0 saturated heterocycles. The van der Waals surface area contributed by atoms with Crippen LogP contribution in [0.2, 0.25) is 0 Å². The minimum absolute atomic E-state index is 0.0226. The summed E-state index contributed by atoms with van der Waals surface area (Å²) in [5.74, 6) is -1.43. The zero-order valence-electron chi connectivity index (χ0n) is 12.7. The Labute approximate surface area is 127 Å². The molecule has 118 valence electrons. The summed E-state index contributed by atoms with van der Waals surface area (Å²) in [4.78, 5) is 23.4. The maximum Gasteiger partial charge on any atom is 0.354 e. The zero-order valence-corrected chi connectivity index (χ0v) is 12.7. The third kappa shape index (κ3) is 3.16. The van der Waals surface area contributed by atoms with E-state index in [2.05, 4.69) is 15.5 Å². The number of hydrogen-bond donors (Lipinski definition) is 2. The number of carbonyl (C=O) groups excluding carboxylic acids is 1. The van der Waals surface area contributed by atoms with Gasteiger partial charge in [-0.3, -0.25) is 9.48 Å². The smallest absolute Gasteiger partial charge is 0.354 e. The van der Waals surface area contributed by atoms with E-state index in [9.17, 15) is 9.59 Å². The monoisotopic (exact) mass is 305 g/mol. The predicted octanol–water partition coefficient (Wildman–Crippen LogP) is 1.24. The summed E-state index contributed by atoms with van der Waals surface area (Å²) in [6.45, 7) is 6.17. The number of carboxylic acid groups (broad SMARTS) is 1. The van der Waals surface area contributed by atoms with Crippen LogP contribution < -0.4 is 5.32 Å². The van der Waals surface area contributed by atoms with Gasteiger partial charge in [-0.15, -0.1) is 0 Å². The SMILES string of the molecule is CCn1ccc(C(C)NC(=O)C(C)n2nccc2C(=O)O)n1. The van der Waals surface area contributed by atoms with Crippen LogP contribution in [0.3, 0.4) is 0 Å². The Hall–Kier alpha value is -2.64. The maximum atomic E-state index is 12.3. The van der Waals surface area contributed by atoms with E-state index < -0.39 is 12.0 Å². The summed E-state index contributed by atoms with van der Waals surface area (Å²) in [5, 5.41) is 20.1. The fraction of sp³-hybridized carbons (Fsp3) is 0.429. The van der Waals surface area contributed by atoms with Crippen LogP contribution >= 0.6 is 0 Å². The quantitative estimate of drug-likeness (QED) is 0.836. The number of amides is 1. The van der Waals surface area contributed by atoms with Crippen LogP contribution in [0.1, 0.15) is 49.0 Å². The molecule has 0 aliphatic rings. The minimum atomic E-state index is -1.12. The molecule has 0 fully saturated rings. The van der Waals surface area contributed by atoms with Crippen molar-refractivity contribution in [2.45, 2.75) is 39.4 Å². The van der Waals surface area contributed by atoms with Gasteiger partial charge < -0.3 is 10.4 Å². The van der Waals surface area contributed by atoms with Gasteiger partial charge in [0.2, 0.25) is 5.91 Å². The summed E-state index contributed by atoms with van der Waals surface area (Å²) in [5.41, 5.74) is 0.729. The van der Waals surface area contributed by atoms with Crippen molar-refractivity contribution in [3.8, 4) is 0 Å². The summed E-state index contributed by atoms with van der Waals surface area (Å²) < 4.78 is 2.96.